The molecule has 0 radical (unpaired) electrons. The Morgan fingerprint density at radius 2 is 1.37 bits per heavy atom. The number of allylic oxidation sites excluding steroid dienone is 3. The van der Waals surface area contributed by atoms with Crippen LogP contribution in [0.15, 0.2) is 207 Å². The molecular formula is C55H44N4O. The number of fused-ring (bicyclic) bond motifs is 6. The van der Waals surface area contributed by atoms with Crippen molar-refractivity contribution in [3.8, 4) is 11.1 Å². The second-order valence-electron chi connectivity index (χ2n) is 16.0. The van der Waals surface area contributed by atoms with Gasteiger partial charge in [-0.15, -0.1) is 0 Å². The lowest BCUT2D eigenvalue weighted by atomic mass is 9.82. The minimum absolute atomic E-state index is 0.136. The summed E-state index contributed by atoms with van der Waals surface area (Å²) in [5.74, 6) is 1.08. The third kappa shape index (κ3) is 6.68. The van der Waals surface area contributed by atoms with E-state index >= 15 is 0 Å². The quantitative estimate of drug-likeness (QED) is 0.114. The summed E-state index contributed by atoms with van der Waals surface area (Å²) in [6, 6.07) is 59.4. The van der Waals surface area contributed by atoms with Gasteiger partial charge in [0.1, 0.15) is 11.2 Å². The summed E-state index contributed by atoms with van der Waals surface area (Å²) in [4.78, 5) is 17.0. The highest BCUT2D eigenvalue weighted by Gasteiger charge is 2.36. The zero-order valence-electron chi connectivity index (χ0n) is 33.8. The molecule has 290 valence electrons. The smallest absolute Gasteiger partial charge is 0.161 e. The van der Waals surface area contributed by atoms with Crippen molar-refractivity contribution in [1.82, 2.24) is 0 Å². The van der Waals surface area contributed by atoms with E-state index in [0.29, 0.717) is 18.2 Å². The highest BCUT2D eigenvalue weighted by atomic mass is 16.3. The maximum atomic E-state index is 6.78. The third-order valence-corrected chi connectivity index (χ3v) is 11.9. The van der Waals surface area contributed by atoms with Crippen LogP contribution >= 0.6 is 0 Å². The van der Waals surface area contributed by atoms with Crippen molar-refractivity contribution in [1.29, 1.82) is 0 Å². The first-order valence-corrected chi connectivity index (χ1v) is 20.6. The summed E-state index contributed by atoms with van der Waals surface area (Å²) >= 11 is 0. The van der Waals surface area contributed by atoms with Crippen molar-refractivity contribution in [3.05, 3.63) is 221 Å². The van der Waals surface area contributed by atoms with E-state index in [1.54, 1.807) is 0 Å². The average Bonchev–Trinajstić information content (AvgIpc) is 3.79. The Morgan fingerprint density at radius 3 is 2.17 bits per heavy atom. The van der Waals surface area contributed by atoms with Crippen LogP contribution in [0.3, 0.4) is 0 Å². The van der Waals surface area contributed by atoms with Gasteiger partial charge in [-0.05, 0) is 94.9 Å². The molecule has 0 unspecified atom stereocenters. The molecular weight excluding hydrogens is 733 g/mol. The van der Waals surface area contributed by atoms with E-state index in [0.717, 1.165) is 68.5 Å². The van der Waals surface area contributed by atoms with Gasteiger partial charge in [0.2, 0.25) is 0 Å². The summed E-state index contributed by atoms with van der Waals surface area (Å²) in [5, 5.41) is 1.95. The molecule has 0 saturated heterocycles. The summed E-state index contributed by atoms with van der Waals surface area (Å²) in [5.41, 5.74) is 15.4. The molecule has 0 fully saturated rings. The van der Waals surface area contributed by atoms with Crippen LogP contribution < -0.4 is 4.90 Å². The predicted octanol–water partition coefficient (Wildman–Crippen LogP) is 13.9. The zero-order valence-corrected chi connectivity index (χ0v) is 33.8. The Hall–Kier alpha value is -7.37. The molecule has 0 atom stereocenters. The number of nitrogens with zero attached hydrogens (tertiary/aromatic N) is 4. The van der Waals surface area contributed by atoms with E-state index < -0.39 is 0 Å². The van der Waals surface area contributed by atoms with Gasteiger partial charge in [-0.25, -0.2) is 9.98 Å². The lowest BCUT2D eigenvalue weighted by molar-refractivity contribution is 0.660. The third-order valence-electron chi connectivity index (χ3n) is 11.9. The minimum Gasteiger partial charge on any atom is -0.456 e. The molecule has 0 saturated carbocycles. The Kier molecular flexibility index (Phi) is 9.50. The molecule has 5 heteroatoms. The van der Waals surface area contributed by atoms with Crippen LogP contribution in [0.1, 0.15) is 60.1 Å². The van der Waals surface area contributed by atoms with E-state index in [9.17, 15) is 0 Å². The SMILES string of the molecule is C=NC(=NC(=NCc1ccccc1)c1cccc2oc3cc(N(C4=CCCC(c5ccccc5)=C4)c4ccc5c(c4)C(C)(C)c4ccccc4-5)ccc3c12)c1ccccc1. The van der Waals surface area contributed by atoms with Crippen molar-refractivity contribution in [2.24, 2.45) is 15.0 Å². The lowest BCUT2D eigenvalue weighted by Crippen LogP contribution is -2.19. The molecule has 2 aliphatic carbocycles. The summed E-state index contributed by atoms with van der Waals surface area (Å²) in [7, 11) is 0. The molecule has 0 bridgehead atoms. The van der Waals surface area contributed by atoms with Crippen molar-refractivity contribution in [2.45, 2.75) is 38.6 Å². The van der Waals surface area contributed by atoms with Crippen LogP contribution in [0, 0.1) is 0 Å². The van der Waals surface area contributed by atoms with Crippen molar-refractivity contribution in [3.63, 3.8) is 0 Å². The van der Waals surface area contributed by atoms with Gasteiger partial charge in [-0.2, -0.15) is 0 Å². The van der Waals surface area contributed by atoms with Crippen molar-refractivity contribution >= 4 is 57.3 Å². The van der Waals surface area contributed by atoms with Crippen LogP contribution in [0.2, 0.25) is 0 Å². The number of furan rings is 1. The second kappa shape index (κ2) is 15.4. The van der Waals surface area contributed by atoms with Gasteiger partial charge in [0.05, 0.1) is 6.54 Å². The molecule has 1 heterocycles. The van der Waals surface area contributed by atoms with Gasteiger partial charge in [0.15, 0.2) is 11.7 Å². The maximum absolute atomic E-state index is 6.78. The highest BCUT2D eigenvalue weighted by molar-refractivity contribution is 6.21. The first-order valence-electron chi connectivity index (χ1n) is 20.6. The van der Waals surface area contributed by atoms with Crippen LogP contribution in [0.25, 0.3) is 38.6 Å². The molecule has 0 amide bonds. The van der Waals surface area contributed by atoms with Gasteiger partial charge in [-0.3, -0.25) is 4.99 Å². The number of anilines is 2. The molecule has 0 aliphatic heterocycles. The average molecular weight is 777 g/mol. The van der Waals surface area contributed by atoms with Gasteiger partial charge in [0.25, 0.3) is 0 Å². The fourth-order valence-electron chi connectivity index (χ4n) is 8.95. The predicted molar refractivity (Wildman–Crippen MR) is 251 cm³/mol. The van der Waals surface area contributed by atoms with Gasteiger partial charge < -0.3 is 9.32 Å². The Morgan fingerprint density at radius 1 is 0.667 bits per heavy atom. The number of hydrogen-bond donors (Lipinski definition) is 0. The van der Waals surface area contributed by atoms with Crippen LogP contribution in [-0.2, 0) is 12.0 Å². The van der Waals surface area contributed by atoms with E-state index in [2.05, 4.69) is 152 Å². The lowest BCUT2D eigenvalue weighted by Gasteiger charge is -2.30. The Labute approximate surface area is 351 Å². The molecule has 7 aromatic carbocycles. The van der Waals surface area contributed by atoms with E-state index in [1.807, 2.05) is 60.7 Å². The standard InChI is InChI=1S/C55H44N4O/c1-55(2)48-27-14-13-25-44(48)45-31-29-42(34-49(45)55)59(41-24-15-23-40(33-41)38-19-9-5-10-20-38)43-30-32-46-51(35-43)60-50-28-16-26-47(52(46)50)54(57-36-37-17-7-4-8-18-37)58-53(56-3)39-21-11-6-12-22-39/h4-14,16-22,24-35H,3,15,23,36H2,1-2H3. The van der Waals surface area contributed by atoms with Gasteiger partial charge in [0, 0.05) is 50.5 Å². The largest absolute Gasteiger partial charge is 0.456 e. The van der Waals surface area contributed by atoms with Crippen LogP contribution in [0.4, 0.5) is 11.4 Å². The fraction of sp³-hybridized carbons (Fsp3) is 0.109. The number of rotatable bonds is 8. The van der Waals surface area contributed by atoms with E-state index in [4.69, 9.17) is 14.4 Å². The number of hydrogen-bond acceptors (Lipinski definition) is 3. The van der Waals surface area contributed by atoms with Crippen LogP contribution in [-0.4, -0.2) is 18.4 Å². The van der Waals surface area contributed by atoms with Gasteiger partial charge in [-0.1, -0.05) is 153 Å². The normalized spacial score (nSPS) is 14.7. The molecule has 60 heavy (non-hydrogen) atoms. The molecule has 1 aromatic heterocycles. The van der Waals surface area contributed by atoms with E-state index in [-0.39, 0.29) is 5.41 Å². The summed E-state index contributed by atoms with van der Waals surface area (Å²) < 4.78 is 6.78. The van der Waals surface area contributed by atoms with Gasteiger partial charge >= 0.3 is 0 Å². The maximum Gasteiger partial charge on any atom is 0.161 e. The highest BCUT2D eigenvalue weighted by Crippen LogP contribution is 2.50. The first kappa shape index (κ1) is 36.9. The summed E-state index contributed by atoms with van der Waals surface area (Å²) in [6.07, 6.45) is 6.66. The molecule has 0 spiro atoms. The number of benzene rings is 7. The first-order chi connectivity index (χ1) is 29.5. The molecule has 8 aromatic rings. The fourth-order valence-corrected chi connectivity index (χ4v) is 8.95. The molecule has 5 nitrogen and oxygen atoms in total. The number of aliphatic imine (C=N–C) groups is 3. The van der Waals surface area contributed by atoms with Crippen LogP contribution in [0.5, 0.6) is 0 Å². The second-order valence-corrected chi connectivity index (χ2v) is 16.0. The Balaban J connectivity index is 1.13. The molecule has 0 N–H and O–H groups in total. The monoisotopic (exact) mass is 776 g/mol. The topological polar surface area (TPSA) is 53.5 Å². The molecule has 10 rings (SSSR count). The Bertz CT molecular complexity index is 3040. The molecule has 2 aliphatic rings. The number of amidine groups is 2. The van der Waals surface area contributed by atoms with Crippen molar-refractivity contribution < 1.29 is 4.42 Å². The minimum atomic E-state index is -0.136. The van der Waals surface area contributed by atoms with E-state index in [1.165, 1.54) is 33.4 Å². The zero-order chi connectivity index (χ0) is 40.6. The summed E-state index contributed by atoms with van der Waals surface area (Å²) in [6.45, 7) is 9.02. The van der Waals surface area contributed by atoms with Crippen molar-refractivity contribution in [2.75, 3.05) is 4.90 Å².